The van der Waals surface area contributed by atoms with E-state index in [2.05, 4.69) is 37.5 Å². The molecule has 0 aliphatic heterocycles. The second-order valence-corrected chi connectivity index (χ2v) is 7.40. The third kappa shape index (κ3) is 7.15. The molecule has 107 valence electrons. The standard InChI is InChI=1S/C14H23N2O2S/c1-13(2,3)8-7-10-9-19-11(15-10)16-12(17)18-14(4,5)6/h8-9H,7H2,1-6H3,(H,15,16,17). The van der Waals surface area contributed by atoms with Crippen molar-refractivity contribution in [3.8, 4) is 0 Å². The van der Waals surface area contributed by atoms with Crippen molar-refractivity contribution in [2.24, 2.45) is 5.41 Å². The number of thiazole rings is 1. The van der Waals surface area contributed by atoms with Crippen LogP contribution in [0.25, 0.3) is 0 Å². The number of rotatable bonds is 3. The van der Waals surface area contributed by atoms with Crippen molar-refractivity contribution in [2.45, 2.75) is 53.6 Å². The molecule has 0 aliphatic carbocycles. The van der Waals surface area contributed by atoms with E-state index in [-0.39, 0.29) is 5.41 Å². The number of nitrogens with zero attached hydrogens (tertiary/aromatic N) is 1. The van der Waals surface area contributed by atoms with E-state index < -0.39 is 11.7 Å². The maximum atomic E-state index is 11.6. The van der Waals surface area contributed by atoms with Crippen LogP contribution in [0, 0.1) is 11.8 Å². The molecule has 1 heterocycles. The lowest BCUT2D eigenvalue weighted by molar-refractivity contribution is 0.0636. The molecule has 0 unspecified atom stereocenters. The lowest BCUT2D eigenvalue weighted by atomic mass is 9.90. The molecule has 0 fully saturated rings. The summed E-state index contributed by atoms with van der Waals surface area (Å²) in [5, 5.41) is 5.18. The van der Waals surface area contributed by atoms with Crippen LogP contribution in [0.15, 0.2) is 5.38 Å². The molecule has 0 saturated carbocycles. The first-order valence-corrected chi connectivity index (χ1v) is 7.22. The molecule has 1 N–H and O–H groups in total. The number of aromatic nitrogens is 1. The number of amides is 1. The molecule has 0 spiro atoms. The van der Waals surface area contributed by atoms with E-state index in [4.69, 9.17) is 4.74 Å². The number of carbonyl (C=O) groups is 1. The van der Waals surface area contributed by atoms with E-state index >= 15 is 0 Å². The molecule has 1 radical (unpaired) electrons. The number of nitrogens with one attached hydrogen (secondary N) is 1. The maximum absolute atomic E-state index is 11.6. The van der Waals surface area contributed by atoms with Gasteiger partial charge >= 0.3 is 6.09 Å². The molecule has 1 aromatic rings. The van der Waals surface area contributed by atoms with Gasteiger partial charge in [-0.1, -0.05) is 20.8 Å². The van der Waals surface area contributed by atoms with Crippen LogP contribution < -0.4 is 5.32 Å². The fourth-order valence-corrected chi connectivity index (χ4v) is 1.97. The fraction of sp³-hybridized carbons (Fsp3) is 0.643. The van der Waals surface area contributed by atoms with Crippen LogP contribution in [0.5, 0.6) is 0 Å². The van der Waals surface area contributed by atoms with Gasteiger partial charge < -0.3 is 4.74 Å². The van der Waals surface area contributed by atoms with E-state index in [1.165, 1.54) is 11.3 Å². The third-order valence-electron chi connectivity index (χ3n) is 2.08. The highest BCUT2D eigenvalue weighted by atomic mass is 32.1. The summed E-state index contributed by atoms with van der Waals surface area (Å²) in [6.07, 6.45) is 2.54. The Labute approximate surface area is 119 Å². The molecule has 5 heteroatoms. The average molecular weight is 283 g/mol. The number of carbonyl (C=O) groups excluding carboxylic acids is 1. The highest BCUT2D eigenvalue weighted by Gasteiger charge is 2.17. The Hall–Kier alpha value is -1.10. The van der Waals surface area contributed by atoms with Crippen molar-refractivity contribution >= 4 is 22.6 Å². The van der Waals surface area contributed by atoms with Crippen molar-refractivity contribution in [3.05, 3.63) is 17.5 Å². The molecular formula is C14H23N2O2S. The van der Waals surface area contributed by atoms with Crippen LogP contribution >= 0.6 is 11.3 Å². The minimum Gasteiger partial charge on any atom is -0.444 e. The predicted molar refractivity (Wildman–Crippen MR) is 79.4 cm³/mol. The minimum absolute atomic E-state index is 0.169. The van der Waals surface area contributed by atoms with Crippen molar-refractivity contribution in [1.29, 1.82) is 0 Å². The van der Waals surface area contributed by atoms with Gasteiger partial charge in [0.15, 0.2) is 5.13 Å². The van der Waals surface area contributed by atoms with Gasteiger partial charge in [-0.15, -0.1) is 11.3 Å². The van der Waals surface area contributed by atoms with Crippen LogP contribution in [0.4, 0.5) is 9.93 Å². The van der Waals surface area contributed by atoms with Crippen molar-refractivity contribution in [2.75, 3.05) is 5.32 Å². The fourth-order valence-electron chi connectivity index (χ4n) is 1.26. The van der Waals surface area contributed by atoms with Gasteiger partial charge in [-0.3, -0.25) is 5.32 Å². The molecule has 4 nitrogen and oxygen atoms in total. The zero-order chi connectivity index (χ0) is 14.7. The normalized spacial score (nSPS) is 12.3. The van der Waals surface area contributed by atoms with Crippen LogP contribution in [-0.2, 0) is 11.2 Å². The molecule has 1 amide bonds. The van der Waals surface area contributed by atoms with Gasteiger partial charge in [0.1, 0.15) is 5.60 Å². The van der Waals surface area contributed by atoms with Gasteiger partial charge in [0.2, 0.25) is 0 Å². The molecule has 0 saturated heterocycles. The summed E-state index contributed by atoms with van der Waals surface area (Å²) in [4.78, 5) is 15.9. The minimum atomic E-state index is -0.496. The molecule has 1 aromatic heterocycles. The van der Waals surface area contributed by atoms with Crippen molar-refractivity contribution in [1.82, 2.24) is 4.98 Å². The summed E-state index contributed by atoms with van der Waals surface area (Å²) < 4.78 is 5.17. The van der Waals surface area contributed by atoms with Crippen LogP contribution in [0.3, 0.4) is 0 Å². The summed E-state index contributed by atoms with van der Waals surface area (Å²) >= 11 is 1.41. The largest absolute Gasteiger partial charge is 0.444 e. The SMILES string of the molecule is CC(C)(C)[CH]Cc1csc(NC(=O)OC(C)(C)C)n1. The van der Waals surface area contributed by atoms with Crippen molar-refractivity contribution in [3.63, 3.8) is 0 Å². The second kappa shape index (κ2) is 5.90. The lowest BCUT2D eigenvalue weighted by Gasteiger charge is -2.19. The second-order valence-electron chi connectivity index (χ2n) is 6.55. The molecule has 0 atom stereocenters. The Kier molecular flexibility index (Phi) is 4.96. The first kappa shape index (κ1) is 16.0. The number of ether oxygens (including phenoxy) is 1. The third-order valence-corrected chi connectivity index (χ3v) is 2.89. The molecule has 0 aromatic carbocycles. The predicted octanol–water partition coefficient (Wildman–Crippen LogP) is 4.28. The Bertz CT molecular complexity index is 427. The van der Waals surface area contributed by atoms with Gasteiger partial charge in [0.05, 0.1) is 5.69 Å². The maximum Gasteiger partial charge on any atom is 0.413 e. The summed E-state index contributed by atoms with van der Waals surface area (Å²) in [5.41, 5.74) is 0.637. The Morgan fingerprint density at radius 1 is 1.37 bits per heavy atom. The van der Waals surface area contributed by atoms with Gasteiger partial charge in [0.25, 0.3) is 0 Å². The summed E-state index contributed by atoms with van der Waals surface area (Å²) in [6.45, 7) is 12.0. The Morgan fingerprint density at radius 2 is 2.00 bits per heavy atom. The summed E-state index contributed by atoms with van der Waals surface area (Å²) in [6, 6.07) is 0. The molecular weight excluding hydrogens is 260 g/mol. The quantitative estimate of drug-likeness (QED) is 0.900. The highest BCUT2D eigenvalue weighted by molar-refractivity contribution is 7.13. The smallest absolute Gasteiger partial charge is 0.413 e. The first-order valence-electron chi connectivity index (χ1n) is 6.34. The highest BCUT2D eigenvalue weighted by Crippen LogP contribution is 2.23. The van der Waals surface area contributed by atoms with Crippen LogP contribution in [0.1, 0.15) is 47.2 Å². The summed E-state index contributed by atoms with van der Waals surface area (Å²) in [5.74, 6) is 0. The number of anilines is 1. The molecule has 0 aliphatic rings. The van der Waals surface area contributed by atoms with Crippen LogP contribution in [0.2, 0.25) is 0 Å². The topological polar surface area (TPSA) is 51.2 Å². The van der Waals surface area contributed by atoms with E-state index in [9.17, 15) is 4.79 Å². The molecule has 1 rings (SSSR count). The lowest BCUT2D eigenvalue weighted by Crippen LogP contribution is -2.27. The number of hydrogen-bond donors (Lipinski definition) is 1. The molecule has 0 bridgehead atoms. The average Bonchev–Trinajstić information content (AvgIpc) is 2.58. The van der Waals surface area contributed by atoms with E-state index in [1.807, 2.05) is 26.2 Å². The van der Waals surface area contributed by atoms with E-state index in [1.54, 1.807) is 0 Å². The Morgan fingerprint density at radius 3 is 2.53 bits per heavy atom. The molecule has 19 heavy (non-hydrogen) atoms. The zero-order valence-corrected chi connectivity index (χ0v) is 13.4. The monoisotopic (exact) mass is 283 g/mol. The zero-order valence-electron chi connectivity index (χ0n) is 12.5. The van der Waals surface area contributed by atoms with Crippen molar-refractivity contribution < 1.29 is 9.53 Å². The van der Waals surface area contributed by atoms with Gasteiger partial charge in [-0.2, -0.15) is 0 Å². The van der Waals surface area contributed by atoms with E-state index in [0.717, 1.165) is 12.1 Å². The summed E-state index contributed by atoms with van der Waals surface area (Å²) in [7, 11) is 0. The first-order chi connectivity index (χ1) is 8.55. The van der Waals surface area contributed by atoms with Gasteiger partial charge in [-0.05, 0) is 39.0 Å². The van der Waals surface area contributed by atoms with Gasteiger partial charge in [-0.25, -0.2) is 9.78 Å². The van der Waals surface area contributed by atoms with Gasteiger partial charge in [0, 0.05) is 5.38 Å². The number of hydrogen-bond acceptors (Lipinski definition) is 4. The van der Waals surface area contributed by atoms with Crippen LogP contribution in [-0.4, -0.2) is 16.7 Å². The van der Waals surface area contributed by atoms with E-state index in [0.29, 0.717) is 5.13 Å². The Balaban J connectivity index is 2.49.